The van der Waals surface area contributed by atoms with E-state index in [1.54, 1.807) is 0 Å². The van der Waals surface area contributed by atoms with Gasteiger partial charge in [0.15, 0.2) is 0 Å². The van der Waals surface area contributed by atoms with Crippen LogP contribution in [0.2, 0.25) is 0 Å². The van der Waals surface area contributed by atoms with Crippen molar-refractivity contribution in [1.82, 2.24) is 0 Å². The van der Waals surface area contributed by atoms with Crippen LogP contribution in [0, 0.1) is 0 Å². The molecule has 0 bridgehead atoms. The van der Waals surface area contributed by atoms with Crippen molar-refractivity contribution in [3.63, 3.8) is 0 Å². The van der Waals surface area contributed by atoms with Crippen LogP contribution in [0.1, 0.15) is 6.85 Å². The van der Waals surface area contributed by atoms with E-state index in [1.807, 2.05) is 72.8 Å². The Labute approximate surface area is 268 Å². The number of rotatable bonds is 4. The molecule has 9 aromatic rings. The van der Waals surface area contributed by atoms with Gasteiger partial charge in [-0.1, -0.05) is 152 Å². The highest BCUT2D eigenvalue weighted by molar-refractivity contribution is 6.23. The summed E-state index contributed by atoms with van der Waals surface area (Å²) in [6, 6.07) is 45.7. The molecule has 0 aliphatic carbocycles. The van der Waals surface area contributed by atoms with Crippen molar-refractivity contribution in [2.24, 2.45) is 0 Å². The number of benzene rings is 8. The molecule has 1 heteroatoms. The van der Waals surface area contributed by atoms with E-state index in [0.29, 0.717) is 5.56 Å². The van der Waals surface area contributed by atoms with Gasteiger partial charge in [-0.15, -0.1) is 0 Å². The molecule has 0 aliphatic rings. The van der Waals surface area contributed by atoms with Crippen molar-refractivity contribution >= 4 is 43.5 Å². The zero-order chi connectivity index (χ0) is 34.1. The quantitative estimate of drug-likeness (QED) is 0.190. The zero-order valence-corrected chi connectivity index (χ0v) is 24.2. The lowest BCUT2D eigenvalue weighted by Gasteiger charge is -2.20. The second-order valence-corrected chi connectivity index (χ2v) is 11.2. The van der Waals surface area contributed by atoms with E-state index < -0.39 is 6.04 Å². The lowest BCUT2D eigenvalue weighted by atomic mass is 9.83. The maximum Gasteiger partial charge on any atom is 0.136 e. The van der Waals surface area contributed by atoms with E-state index in [1.165, 1.54) is 0 Å². The molecule has 0 radical (unpaired) electrons. The first kappa shape index (κ1) is 20.9. The number of fused-ring (bicyclic) bond motifs is 5. The molecule has 0 fully saturated rings. The molecule has 0 saturated heterocycles. The van der Waals surface area contributed by atoms with Crippen LogP contribution in [0.3, 0.4) is 0 Å². The summed E-state index contributed by atoms with van der Waals surface area (Å²) >= 11 is 0. The predicted molar refractivity (Wildman–Crippen MR) is 190 cm³/mol. The van der Waals surface area contributed by atoms with Gasteiger partial charge in [-0.25, -0.2) is 0 Å². The van der Waals surface area contributed by atoms with Crippen LogP contribution in [-0.2, 0) is 0 Å². The highest BCUT2D eigenvalue weighted by Gasteiger charge is 2.21. The van der Waals surface area contributed by atoms with Crippen molar-refractivity contribution in [1.29, 1.82) is 0 Å². The van der Waals surface area contributed by atoms with Gasteiger partial charge in [0.2, 0.25) is 0 Å². The van der Waals surface area contributed by atoms with Gasteiger partial charge in [0.05, 0.1) is 6.85 Å². The van der Waals surface area contributed by atoms with Gasteiger partial charge < -0.3 is 4.42 Å². The van der Waals surface area contributed by atoms with Crippen LogP contribution in [0.15, 0.2) is 174 Å². The van der Waals surface area contributed by atoms with Crippen LogP contribution >= 0.6 is 0 Å². The summed E-state index contributed by atoms with van der Waals surface area (Å²) in [5.41, 5.74) is 8.44. The van der Waals surface area contributed by atoms with E-state index in [0.717, 1.165) is 76.9 Å². The third kappa shape index (κ3) is 4.09. The number of hydrogen-bond donors (Lipinski definition) is 0. The number of furan rings is 1. The fourth-order valence-corrected chi connectivity index (χ4v) is 6.88. The molecule has 0 atom stereocenters. The van der Waals surface area contributed by atoms with Crippen molar-refractivity contribution in [2.75, 3.05) is 0 Å². The second-order valence-electron chi connectivity index (χ2n) is 11.2. The largest absolute Gasteiger partial charge is 0.456 e. The molecular weight excluding hydrogens is 544 g/mol. The lowest BCUT2D eigenvalue weighted by molar-refractivity contribution is 0.669. The Hall–Kier alpha value is -5.92. The molecule has 1 heterocycles. The van der Waals surface area contributed by atoms with E-state index in [9.17, 15) is 0 Å². The molecule has 1 nitrogen and oxygen atoms in total. The summed E-state index contributed by atoms with van der Waals surface area (Å²) < 4.78 is 49.2. The average Bonchev–Trinajstić information content (AvgIpc) is 3.54. The van der Waals surface area contributed by atoms with Gasteiger partial charge >= 0.3 is 0 Å². The molecule has 0 N–H and O–H groups in total. The van der Waals surface area contributed by atoms with Gasteiger partial charge in [-0.3, -0.25) is 0 Å². The van der Waals surface area contributed by atoms with Crippen LogP contribution < -0.4 is 0 Å². The van der Waals surface area contributed by atoms with Crippen molar-refractivity contribution < 1.29 is 11.3 Å². The molecule has 0 saturated carbocycles. The molecular formula is C44H28O. The maximum atomic E-state index is 8.82. The normalized spacial score (nSPS) is 13.1. The molecule has 0 aliphatic heterocycles. The lowest BCUT2D eigenvalue weighted by Crippen LogP contribution is -1.93. The molecule has 45 heavy (non-hydrogen) atoms. The van der Waals surface area contributed by atoms with Crippen LogP contribution in [0.5, 0.6) is 0 Å². The molecule has 8 aromatic carbocycles. The molecule has 0 unspecified atom stereocenters. The Balaban J connectivity index is 1.40. The zero-order valence-electron chi connectivity index (χ0n) is 29.2. The molecule has 9 rings (SSSR count). The molecule has 210 valence electrons. The Morgan fingerprint density at radius 2 is 0.933 bits per heavy atom. The first-order chi connectivity index (χ1) is 24.4. The maximum absolute atomic E-state index is 8.82. The smallest absolute Gasteiger partial charge is 0.136 e. The second kappa shape index (κ2) is 10.4. The van der Waals surface area contributed by atoms with E-state index in [2.05, 4.69) is 66.7 Å². The topological polar surface area (TPSA) is 13.1 Å². The first-order valence-electron chi connectivity index (χ1n) is 17.5. The number of hydrogen-bond acceptors (Lipinski definition) is 1. The predicted octanol–water partition coefficient (Wildman–Crippen LogP) is 12.6. The minimum atomic E-state index is -0.405. The van der Waals surface area contributed by atoms with Gasteiger partial charge in [0.1, 0.15) is 11.2 Å². The Morgan fingerprint density at radius 3 is 1.62 bits per heavy atom. The van der Waals surface area contributed by atoms with E-state index in [-0.39, 0.29) is 29.7 Å². The van der Waals surface area contributed by atoms with Gasteiger partial charge in [-0.2, -0.15) is 0 Å². The summed E-state index contributed by atoms with van der Waals surface area (Å²) in [7, 11) is 0. The van der Waals surface area contributed by atoms with Gasteiger partial charge in [-0.05, 0) is 84.3 Å². The Morgan fingerprint density at radius 1 is 0.378 bits per heavy atom. The Kier molecular flexibility index (Phi) is 4.81. The SMILES string of the molecule is [2H]c1c([2H])c([2H])c(-c2ccccc2-c2c3ccccc3c(-c3cc(-c4ccccc4)c4c(c3)oc3ccccc34)c3ccccc23)c([2H])c1[2H]. The summed E-state index contributed by atoms with van der Waals surface area (Å²) in [5, 5.41) is 6.20. The number of para-hydroxylation sites is 1. The van der Waals surface area contributed by atoms with E-state index >= 15 is 0 Å². The summed E-state index contributed by atoms with van der Waals surface area (Å²) in [6.07, 6.45) is 0. The van der Waals surface area contributed by atoms with Gasteiger partial charge in [0.25, 0.3) is 0 Å². The summed E-state index contributed by atoms with van der Waals surface area (Å²) in [4.78, 5) is 0. The minimum Gasteiger partial charge on any atom is -0.456 e. The third-order valence-electron chi connectivity index (χ3n) is 8.75. The molecule has 1 aromatic heterocycles. The van der Waals surface area contributed by atoms with Crippen molar-refractivity contribution in [2.45, 2.75) is 0 Å². The fourth-order valence-electron chi connectivity index (χ4n) is 6.88. The monoisotopic (exact) mass is 577 g/mol. The highest BCUT2D eigenvalue weighted by atomic mass is 16.3. The standard InChI is InChI=1S/C44H28O/c1-3-15-29(16-4-1)32-19-7-8-20-33(32)43-36-23-11-9-21-34(36)42(35-22-10-12-24-37(35)43)31-27-39(30-17-5-2-6-18-30)44-38-25-13-14-26-40(38)45-41(44)28-31/h1-28H/i1D,3D,4D,15D,16D. The summed E-state index contributed by atoms with van der Waals surface area (Å²) in [6.45, 7) is 0. The average molecular weight is 578 g/mol. The summed E-state index contributed by atoms with van der Waals surface area (Å²) in [5.74, 6) is 0. The molecule has 0 spiro atoms. The van der Waals surface area contributed by atoms with Crippen molar-refractivity contribution in [3.8, 4) is 44.5 Å². The Bertz CT molecular complexity index is 2730. The van der Waals surface area contributed by atoms with E-state index in [4.69, 9.17) is 11.3 Å². The molecule has 0 amide bonds. The fraction of sp³-hybridized carbons (Fsp3) is 0. The van der Waals surface area contributed by atoms with Crippen LogP contribution in [-0.4, -0.2) is 0 Å². The van der Waals surface area contributed by atoms with Crippen LogP contribution in [0.25, 0.3) is 88.0 Å². The van der Waals surface area contributed by atoms with Crippen LogP contribution in [0.4, 0.5) is 0 Å². The minimum absolute atomic E-state index is 0.187. The third-order valence-corrected chi connectivity index (χ3v) is 8.75. The highest BCUT2D eigenvalue weighted by Crippen LogP contribution is 2.48. The first-order valence-corrected chi connectivity index (χ1v) is 15.0. The van der Waals surface area contributed by atoms with Crippen molar-refractivity contribution in [3.05, 3.63) is 170 Å². The van der Waals surface area contributed by atoms with Gasteiger partial charge in [0, 0.05) is 10.8 Å².